The van der Waals surface area contributed by atoms with Crippen LogP contribution in [0.5, 0.6) is 0 Å². The molecule has 3 nitrogen and oxygen atoms in total. The first kappa shape index (κ1) is 8.59. The molecular weight excluding hydrogens is 150 g/mol. The van der Waals surface area contributed by atoms with Crippen LogP contribution in [0.15, 0.2) is 18.8 Å². The highest BCUT2D eigenvalue weighted by molar-refractivity contribution is 5.67. The Labute approximate surface area is 72.3 Å². The van der Waals surface area contributed by atoms with E-state index in [-0.39, 0.29) is 0 Å². The zero-order chi connectivity index (χ0) is 8.97. The van der Waals surface area contributed by atoms with Gasteiger partial charge in [0, 0.05) is 6.54 Å². The third kappa shape index (κ3) is 1.75. The lowest BCUT2D eigenvalue weighted by Crippen LogP contribution is -2.01. The fourth-order valence-corrected chi connectivity index (χ4v) is 0.937. The number of rotatable bonds is 3. The van der Waals surface area contributed by atoms with E-state index in [0.29, 0.717) is 5.69 Å². The maximum atomic E-state index is 5.67. The molecule has 1 rings (SSSR count). The molecule has 0 atom stereocenters. The Balaban J connectivity index is 2.99. The molecule has 1 aromatic heterocycles. The Hall–Kier alpha value is -1.51. The molecule has 0 radical (unpaired) electrons. The maximum absolute atomic E-state index is 5.67. The van der Waals surface area contributed by atoms with E-state index in [1.807, 2.05) is 13.0 Å². The van der Waals surface area contributed by atoms with E-state index >= 15 is 0 Å². The van der Waals surface area contributed by atoms with Crippen molar-refractivity contribution in [1.82, 2.24) is 4.98 Å². The number of nitrogens with one attached hydrogen (secondary N) is 1. The second-order valence-corrected chi connectivity index (χ2v) is 2.43. The second kappa shape index (κ2) is 3.76. The van der Waals surface area contributed by atoms with E-state index in [4.69, 9.17) is 5.73 Å². The predicted octanol–water partition coefficient (Wildman–Crippen LogP) is 1.74. The molecular formula is C9H13N3. The summed E-state index contributed by atoms with van der Waals surface area (Å²) in [5.41, 5.74) is 8.09. The molecule has 0 bridgehead atoms. The van der Waals surface area contributed by atoms with Crippen molar-refractivity contribution in [2.24, 2.45) is 0 Å². The van der Waals surface area contributed by atoms with Crippen molar-refractivity contribution >= 4 is 17.5 Å². The van der Waals surface area contributed by atoms with E-state index in [1.54, 1.807) is 12.3 Å². The summed E-state index contributed by atoms with van der Waals surface area (Å²) in [6.45, 7) is 6.50. The van der Waals surface area contributed by atoms with Gasteiger partial charge in [-0.1, -0.05) is 6.58 Å². The zero-order valence-electron chi connectivity index (χ0n) is 7.17. The fraction of sp³-hybridized carbons (Fsp3) is 0.222. The molecule has 0 aliphatic rings. The molecule has 0 saturated carbocycles. The van der Waals surface area contributed by atoms with Gasteiger partial charge >= 0.3 is 0 Å². The molecule has 0 aliphatic heterocycles. The number of hydrogen-bond acceptors (Lipinski definition) is 3. The van der Waals surface area contributed by atoms with Gasteiger partial charge in [-0.2, -0.15) is 0 Å². The normalized spacial score (nSPS) is 9.42. The molecule has 64 valence electrons. The van der Waals surface area contributed by atoms with Crippen molar-refractivity contribution < 1.29 is 0 Å². The van der Waals surface area contributed by atoms with E-state index in [1.165, 1.54) is 0 Å². The number of anilines is 2. The largest absolute Gasteiger partial charge is 0.396 e. The average Bonchev–Trinajstić information content (AvgIpc) is 2.09. The summed E-state index contributed by atoms with van der Waals surface area (Å²) < 4.78 is 0. The van der Waals surface area contributed by atoms with Crippen LogP contribution < -0.4 is 11.1 Å². The quantitative estimate of drug-likeness (QED) is 0.713. The Morgan fingerprint density at radius 2 is 2.50 bits per heavy atom. The van der Waals surface area contributed by atoms with Crippen molar-refractivity contribution in [3.05, 3.63) is 24.5 Å². The zero-order valence-corrected chi connectivity index (χ0v) is 7.17. The minimum atomic E-state index is 0.669. The molecule has 0 spiro atoms. The highest BCUT2D eigenvalue weighted by Gasteiger charge is 1.97. The van der Waals surface area contributed by atoms with Gasteiger partial charge < -0.3 is 11.1 Å². The second-order valence-electron chi connectivity index (χ2n) is 2.43. The highest BCUT2D eigenvalue weighted by atomic mass is 14.9. The Kier molecular flexibility index (Phi) is 2.69. The number of pyridine rings is 1. The standard InChI is InChI=1S/C9H13N3/c1-3-7-5-9(11-4-2)8(10)6-12-7/h3,5-6H,1,4,10H2,2H3,(H,11,12). The Morgan fingerprint density at radius 3 is 3.08 bits per heavy atom. The lowest BCUT2D eigenvalue weighted by atomic mass is 10.3. The molecule has 3 heteroatoms. The van der Waals surface area contributed by atoms with Crippen molar-refractivity contribution in [3.63, 3.8) is 0 Å². The van der Waals surface area contributed by atoms with Crippen LogP contribution in [-0.2, 0) is 0 Å². The summed E-state index contributed by atoms with van der Waals surface area (Å²) >= 11 is 0. The summed E-state index contributed by atoms with van der Waals surface area (Å²) in [6, 6.07) is 1.88. The van der Waals surface area contributed by atoms with Crippen LogP contribution in [0.1, 0.15) is 12.6 Å². The van der Waals surface area contributed by atoms with Crippen molar-refractivity contribution in [3.8, 4) is 0 Å². The molecule has 0 saturated heterocycles. The molecule has 0 aliphatic carbocycles. The Bertz CT molecular complexity index is 281. The van der Waals surface area contributed by atoms with Gasteiger partial charge in [-0.05, 0) is 19.1 Å². The van der Waals surface area contributed by atoms with Crippen LogP contribution >= 0.6 is 0 Å². The van der Waals surface area contributed by atoms with Crippen molar-refractivity contribution in [1.29, 1.82) is 0 Å². The summed E-state index contributed by atoms with van der Waals surface area (Å²) in [6.07, 6.45) is 3.33. The van der Waals surface area contributed by atoms with Crippen molar-refractivity contribution in [2.45, 2.75) is 6.92 Å². The van der Waals surface area contributed by atoms with Crippen molar-refractivity contribution in [2.75, 3.05) is 17.6 Å². The monoisotopic (exact) mass is 163 g/mol. The average molecular weight is 163 g/mol. The van der Waals surface area contributed by atoms with Gasteiger partial charge in [-0.15, -0.1) is 0 Å². The fourth-order valence-electron chi connectivity index (χ4n) is 0.937. The van der Waals surface area contributed by atoms with Gasteiger partial charge in [0.25, 0.3) is 0 Å². The molecule has 0 fully saturated rings. The molecule has 0 aromatic carbocycles. The summed E-state index contributed by atoms with van der Waals surface area (Å²) in [5.74, 6) is 0. The molecule has 0 amide bonds. The molecule has 1 heterocycles. The summed E-state index contributed by atoms with van der Waals surface area (Å²) in [5, 5.41) is 3.14. The van der Waals surface area contributed by atoms with Crippen LogP contribution in [-0.4, -0.2) is 11.5 Å². The third-order valence-corrected chi connectivity index (χ3v) is 1.53. The topological polar surface area (TPSA) is 50.9 Å². The van der Waals surface area contributed by atoms with Crippen LogP contribution in [0.2, 0.25) is 0 Å². The summed E-state index contributed by atoms with van der Waals surface area (Å²) in [7, 11) is 0. The van der Waals surface area contributed by atoms with E-state index in [2.05, 4.69) is 16.9 Å². The number of nitrogen functional groups attached to an aromatic ring is 1. The van der Waals surface area contributed by atoms with Gasteiger partial charge in [0.1, 0.15) is 0 Å². The SMILES string of the molecule is C=Cc1cc(NCC)c(N)cn1. The number of nitrogens with zero attached hydrogens (tertiary/aromatic N) is 1. The minimum Gasteiger partial charge on any atom is -0.396 e. The number of hydrogen-bond donors (Lipinski definition) is 2. The molecule has 1 aromatic rings. The number of nitrogens with two attached hydrogens (primary N) is 1. The van der Waals surface area contributed by atoms with Gasteiger partial charge in [0.2, 0.25) is 0 Å². The van der Waals surface area contributed by atoms with Gasteiger partial charge in [-0.3, -0.25) is 4.98 Å². The smallest absolute Gasteiger partial charge is 0.0736 e. The third-order valence-electron chi connectivity index (χ3n) is 1.53. The van der Waals surface area contributed by atoms with Gasteiger partial charge in [0.15, 0.2) is 0 Å². The van der Waals surface area contributed by atoms with Gasteiger partial charge in [0.05, 0.1) is 23.3 Å². The van der Waals surface area contributed by atoms with Crippen LogP contribution in [0.4, 0.5) is 11.4 Å². The van der Waals surface area contributed by atoms with Gasteiger partial charge in [-0.25, -0.2) is 0 Å². The van der Waals surface area contributed by atoms with Crippen LogP contribution in [0.3, 0.4) is 0 Å². The first-order valence-electron chi connectivity index (χ1n) is 3.89. The van der Waals surface area contributed by atoms with E-state index < -0.39 is 0 Å². The van der Waals surface area contributed by atoms with Crippen LogP contribution in [0.25, 0.3) is 6.08 Å². The van der Waals surface area contributed by atoms with E-state index in [0.717, 1.165) is 17.9 Å². The first-order chi connectivity index (χ1) is 5.77. The predicted molar refractivity (Wildman–Crippen MR) is 52.9 cm³/mol. The maximum Gasteiger partial charge on any atom is 0.0736 e. The molecule has 3 N–H and O–H groups in total. The van der Waals surface area contributed by atoms with E-state index in [9.17, 15) is 0 Å². The Morgan fingerprint density at radius 1 is 1.75 bits per heavy atom. The number of aromatic nitrogens is 1. The van der Waals surface area contributed by atoms with Crippen LogP contribution in [0, 0.1) is 0 Å². The lowest BCUT2D eigenvalue weighted by Gasteiger charge is -2.06. The summed E-state index contributed by atoms with van der Waals surface area (Å²) in [4.78, 5) is 4.06. The molecule has 12 heavy (non-hydrogen) atoms. The highest BCUT2D eigenvalue weighted by Crippen LogP contribution is 2.17. The minimum absolute atomic E-state index is 0.669. The molecule has 0 unspecified atom stereocenters. The lowest BCUT2D eigenvalue weighted by molar-refractivity contribution is 1.20. The first-order valence-corrected chi connectivity index (χ1v) is 3.89.